The Morgan fingerprint density at radius 1 is 0.879 bits per heavy atom. The second-order valence-electron chi connectivity index (χ2n) is 8.62. The number of rotatable bonds is 9. The molecule has 0 aliphatic carbocycles. The summed E-state index contributed by atoms with van der Waals surface area (Å²) in [5, 5.41) is 3.03. The molecule has 33 heavy (non-hydrogen) atoms. The van der Waals surface area contributed by atoms with Crippen LogP contribution in [0.5, 0.6) is 0 Å². The normalized spacial score (nSPS) is 11.8. The lowest BCUT2D eigenvalue weighted by Crippen LogP contribution is -2.52. The van der Waals surface area contributed by atoms with Crippen LogP contribution >= 0.6 is 15.9 Å². The van der Waals surface area contributed by atoms with Gasteiger partial charge in [-0.25, -0.2) is 0 Å². The molecule has 0 aliphatic heterocycles. The second kappa shape index (κ2) is 11.8. The second-order valence-corrected chi connectivity index (χ2v) is 9.54. The van der Waals surface area contributed by atoms with Crippen LogP contribution in [-0.2, 0) is 29.0 Å². The fraction of sp³-hybridized carbons (Fsp3) is 0.286. The predicted molar refractivity (Wildman–Crippen MR) is 137 cm³/mol. The molecule has 0 bridgehead atoms. The molecule has 0 spiro atoms. The molecule has 1 N–H and O–H groups in total. The summed E-state index contributed by atoms with van der Waals surface area (Å²) in [7, 11) is 0. The van der Waals surface area contributed by atoms with Crippen molar-refractivity contribution in [3.63, 3.8) is 0 Å². The van der Waals surface area contributed by atoms with E-state index >= 15 is 0 Å². The van der Waals surface area contributed by atoms with Crippen molar-refractivity contribution in [1.82, 2.24) is 10.2 Å². The van der Waals surface area contributed by atoms with Gasteiger partial charge < -0.3 is 10.2 Å². The van der Waals surface area contributed by atoms with Gasteiger partial charge in [-0.3, -0.25) is 9.59 Å². The monoisotopic (exact) mass is 506 g/mol. The Morgan fingerprint density at radius 2 is 1.52 bits per heavy atom. The Labute approximate surface area is 205 Å². The SMILES string of the molecule is Cc1ccccc1CC(=O)N(Cc1ccc(Br)cc1)[C@H](Cc1ccccc1)C(=O)NC(C)C. The first-order valence-electron chi connectivity index (χ1n) is 11.3. The Kier molecular flexibility index (Phi) is 8.84. The number of nitrogens with one attached hydrogen (secondary N) is 1. The van der Waals surface area contributed by atoms with Crippen molar-refractivity contribution < 1.29 is 9.59 Å². The molecule has 1 atom stereocenters. The number of carbonyl (C=O) groups excluding carboxylic acids is 2. The third-order valence-corrected chi connectivity index (χ3v) is 6.10. The van der Waals surface area contributed by atoms with Crippen LogP contribution in [0.4, 0.5) is 0 Å². The van der Waals surface area contributed by atoms with Gasteiger partial charge in [0.1, 0.15) is 6.04 Å². The standard InChI is InChI=1S/C28H31BrN2O2/c1-20(2)30-28(33)26(17-22-10-5-4-6-11-22)31(19-23-13-15-25(29)16-14-23)27(32)18-24-12-8-7-9-21(24)3/h4-16,20,26H,17-19H2,1-3H3,(H,30,33)/t26-/m1/s1. The minimum absolute atomic E-state index is 0.0169. The van der Waals surface area contributed by atoms with E-state index in [-0.39, 0.29) is 24.3 Å². The fourth-order valence-electron chi connectivity index (χ4n) is 3.79. The van der Waals surface area contributed by atoms with Crippen molar-refractivity contribution >= 4 is 27.7 Å². The zero-order valence-corrected chi connectivity index (χ0v) is 21.0. The van der Waals surface area contributed by atoms with Gasteiger partial charge in [-0.15, -0.1) is 0 Å². The summed E-state index contributed by atoms with van der Waals surface area (Å²) in [5.41, 5.74) is 4.05. The van der Waals surface area contributed by atoms with Crippen LogP contribution in [0, 0.1) is 6.92 Å². The van der Waals surface area contributed by atoms with E-state index in [9.17, 15) is 9.59 Å². The van der Waals surface area contributed by atoms with Gasteiger partial charge in [0.15, 0.2) is 0 Å². The predicted octanol–water partition coefficient (Wildman–Crippen LogP) is 5.46. The summed E-state index contributed by atoms with van der Waals surface area (Å²) in [6.45, 7) is 6.24. The van der Waals surface area contributed by atoms with Gasteiger partial charge in [0, 0.05) is 23.5 Å². The molecule has 0 heterocycles. The van der Waals surface area contributed by atoms with E-state index < -0.39 is 6.04 Å². The quantitative estimate of drug-likeness (QED) is 0.418. The number of hydrogen-bond donors (Lipinski definition) is 1. The Hall–Kier alpha value is -2.92. The van der Waals surface area contributed by atoms with Gasteiger partial charge >= 0.3 is 0 Å². The van der Waals surface area contributed by atoms with Crippen LogP contribution in [0.2, 0.25) is 0 Å². The molecule has 0 aromatic heterocycles. The minimum atomic E-state index is -0.616. The largest absolute Gasteiger partial charge is 0.352 e. The van der Waals surface area contributed by atoms with E-state index in [1.54, 1.807) is 4.90 Å². The molecule has 3 aromatic rings. The third-order valence-electron chi connectivity index (χ3n) is 5.57. The summed E-state index contributed by atoms with van der Waals surface area (Å²) >= 11 is 3.47. The molecular weight excluding hydrogens is 476 g/mol. The topological polar surface area (TPSA) is 49.4 Å². The summed E-state index contributed by atoms with van der Waals surface area (Å²) in [6, 6.07) is 25.0. The molecular formula is C28H31BrN2O2. The average molecular weight is 507 g/mol. The van der Waals surface area contributed by atoms with Crippen LogP contribution in [0.1, 0.15) is 36.1 Å². The zero-order chi connectivity index (χ0) is 23.8. The van der Waals surface area contributed by atoms with E-state index in [2.05, 4.69) is 21.2 Å². The van der Waals surface area contributed by atoms with Gasteiger partial charge in [0.05, 0.1) is 6.42 Å². The molecule has 2 amide bonds. The van der Waals surface area contributed by atoms with Crippen molar-refractivity contribution in [2.45, 2.75) is 52.2 Å². The molecule has 172 valence electrons. The van der Waals surface area contributed by atoms with Crippen molar-refractivity contribution in [1.29, 1.82) is 0 Å². The van der Waals surface area contributed by atoms with Gasteiger partial charge in [-0.2, -0.15) is 0 Å². The highest BCUT2D eigenvalue weighted by Crippen LogP contribution is 2.19. The van der Waals surface area contributed by atoms with E-state index in [1.807, 2.05) is 99.6 Å². The first-order chi connectivity index (χ1) is 15.8. The number of hydrogen-bond acceptors (Lipinski definition) is 2. The van der Waals surface area contributed by atoms with Gasteiger partial charge in [-0.05, 0) is 55.2 Å². The summed E-state index contributed by atoms with van der Waals surface area (Å²) in [4.78, 5) is 28.8. The van der Waals surface area contributed by atoms with E-state index in [1.165, 1.54) is 0 Å². The average Bonchev–Trinajstić information content (AvgIpc) is 2.79. The highest BCUT2D eigenvalue weighted by atomic mass is 79.9. The fourth-order valence-corrected chi connectivity index (χ4v) is 4.06. The van der Waals surface area contributed by atoms with E-state index in [4.69, 9.17) is 0 Å². The van der Waals surface area contributed by atoms with Crippen LogP contribution in [-0.4, -0.2) is 28.8 Å². The van der Waals surface area contributed by atoms with Crippen LogP contribution < -0.4 is 5.32 Å². The molecule has 0 saturated heterocycles. The lowest BCUT2D eigenvalue weighted by molar-refractivity contribution is -0.141. The highest BCUT2D eigenvalue weighted by Gasteiger charge is 2.30. The van der Waals surface area contributed by atoms with Crippen molar-refractivity contribution in [3.8, 4) is 0 Å². The number of aryl methyl sites for hydroxylation is 1. The number of benzene rings is 3. The summed E-state index contributed by atoms with van der Waals surface area (Å²) in [5.74, 6) is -0.198. The molecule has 4 nitrogen and oxygen atoms in total. The maximum atomic E-state index is 13.7. The minimum Gasteiger partial charge on any atom is -0.352 e. The number of nitrogens with zero attached hydrogens (tertiary/aromatic N) is 1. The first kappa shape index (κ1) is 24.7. The Morgan fingerprint density at radius 3 is 2.15 bits per heavy atom. The molecule has 0 unspecified atom stereocenters. The number of carbonyl (C=O) groups is 2. The number of amides is 2. The maximum Gasteiger partial charge on any atom is 0.243 e. The van der Waals surface area contributed by atoms with E-state index in [0.29, 0.717) is 13.0 Å². The van der Waals surface area contributed by atoms with Gasteiger partial charge in [-0.1, -0.05) is 82.7 Å². The van der Waals surface area contributed by atoms with Crippen molar-refractivity contribution in [2.24, 2.45) is 0 Å². The third kappa shape index (κ3) is 7.29. The van der Waals surface area contributed by atoms with Gasteiger partial charge in [0.2, 0.25) is 11.8 Å². The van der Waals surface area contributed by atoms with Crippen LogP contribution in [0.25, 0.3) is 0 Å². The van der Waals surface area contributed by atoms with Crippen LogP contribution in [0.3, 0.4) is 0 Å². The lowest BCUT2D eigenvalue weighted by atomic mass is 10.00. The molecule has 5 heteroatoms. The molecule has 0 fully saturated rings. The lowest BCUT2D eigenvalue weighted by Gasteiger charge is -2.32. The van der Waals surface area contributed by atoms with E-state index in [0.717, 1.165) is 26.7 Å². The molecule has 3 rings (SSSR count). The molecule has 0 radical (unpaired) electrons. The summed E-state index contributed by atoms with van der Waals surface area (Å²) in [6.07, 6.45) is 0.707. The van der Waals surface area contributed by atoms with Gasteiger partial charge in [0.25, 0.3) is 0 Å². The van der Waals surface area contributed by atoms with Crippen molar-refractivity contribution in [3.05, 3.63) is 106 Å². The number of halogens is 1. The molecule has 0 saturated carbocycles. The maximum absolute atomic E-state index is 13.7. The van der Waals surface area contributed by atoms with Crippen LogP contribution in [0.15, 0.2) is 83.3 Å². The molecule has 3 aromatic carbocycles. The zero-order valence-electron chi connectivity index (χ0n) is 19.4. The smallest absolute Gasteiger partial charge is 0.243 e. The van der Waals surface area contributed by atoms with Crippen molar-refractivity contribution in [2.75, 3.05) is 0 Å². The Bertz CT molecular complexity index is 1060. The summed E-state index contributed by atoms with van der Waals surface area (Å²) < 4.78 is 0.974. The molecule has 0 aliphatic rings. The Balaban J connectivity index is 1.97. The highest BCUT2D eigenvalue weighted by molar-refractivity contribution is 9.10. The first-order valence-corrected chi connectivity index (χ1v) is 12.1.